The normalized spacial score (nSPS) is 12.7. The average Bonchev–Trinajstić information content (AvgIpc) is 2.00. The molecule has 0 saturated carbocycles. The zero-order valence-corrected chi connectivity index (χ0v) is 8.17. The molecule has 1 unspecified atom stereocenters. The van der Waals surface area contributed by atoms with Crippen molar-refractivity contribution in [3.8, 4) is 0 Å². The summed E-state index contributed by atoms with van der Waals surface area (Å²) in [5.74, 6) is 0.334. The van der Waals surface area contributed by atoms with Gasteiger partial charge in [-0.25, -0.2) is 4.79 Å². The number of carbonyl (C=O) groups is 1. The van der Waals surface area contributed by atoms with Crippen molar-refractivity contribution in [3.05, 3.63) is 12.7 Å². The first-order chi connectivity index (χ1) is 5.56. The molecular formula is C10H18O2. The molecule has 0 bridgehead atoms. The van der Waals surface area contributed by atoms with Crippen LogP contribution < -0.4 is 0 Å². The van der Waals surface area contributed by atoms with Crippen molar-refractivity contribution >= 4 is 5.97 Å². The van der Waals surface area contributed by atoms with Gasteiger partial charge in [-0.2, -0.15) is 0 Å². The van der Waals surface area contributed by atoms with Crippen LogP contribution in [0.2, 0.25) is 0 Å². The quantitative estimate of drug-likeness (QED) is 0.468. The Morgan fingerprint density at radius 3 is 2.42 bits per heavy atom. The standard InChI is InChI=1S/C10H18O2/c1-5-10(11)12-9(4)7-6-8(2)3/h5,8-9H,1,6-7H2,2-4H3. The van der Waals surface area contributed by atoms with Gasteiger partial charge in [0.05, 0.1) is 6.10 Å². The fourth-order valence-electron chi connectivity index (χ4n) is 0.873. The summed E-state index contributed by atoms with van der Waals surface area (Å²) in [4.78, 5) is 10.7. The maximum atomic E-state index is 10.7. The zero-order chi connectivity index (χ0) is 9.56. The van der Waals surface area contributed by atoms with Gasteiger partial charge in [0.25, 0.3) is 0 Å². The number of hydrogen-bond acceptors (Lipinski definition) is 2. The summed E-state index contributed by atoms with van der Waals surface area (Å²) < 4.78 is 4.99. The number of carbonyl (C=O) groups excluding carboxylic acids is 1. The fraction of sp³-hybridized carbons (Fsp3) is 0.700. The van der Waals surface area contributed by atoms with Gasteiger partial charge in [-0.3, -0.25) is 0 Å². The summed E-state index contributed by atoms with van der Waals surface area (Å²) in [5, 5.41) is 0. The summed E-state index contributed by atoms with van der Waals surface area (Å²) in [6.45, 7) is 9.55. The van der Waals surface area contributed by atoms with E-state index in [1.165, 1.54) is 6.08 Å². The molecule has 0 amide bonds. The van der Waals surface area contributed by atoms with E-state index in [9.17, 15) is 4.79 Å². The summed E-state index contributed by atoms with van der Waals surface area (Å²) >= 11 is 0. The Morgan fingerprint density at radius 2 is 2.00 bits per heavy atom. The summed E-state index contributed by atoms with van der Waals surface area (Å²) in [6, 6.07) is 0. The molecular weight excluding hydrogens is 152 g/mol. The van der Waals surface area contributed by atoms with E-state index in [0.29, 0.717) is 5.92 Å². The van der Waals surface area contributed by atoms with Gasteiger partial charge < -0.3 is 4.74 Å². The van der Waals surface area contributed by atoms with Crippen molar-refractivity contribution in [1.82, 2.24) is 0 Å². The van der Waals surface area contributed by atoms with E-state index >= 15 is 0 Å². The highest BCUT2D eigenvalue weighted by Gasteiger charge is 2.06. The lowest BCUT2D eigenvalue weighted by Gasteiger charge is -2.12. The molecule has 0 aromatic heterocycles. The van der Waals surface area contributed by atoms with Gasteiger partial charge in [-0.1, -0.05) is 20.4 Å². The minimum absolute atomic E-state index is 0.0119. The molecule has 0 fully saturated rings. The topological polar surface area (TPSA) is 26.3 Å². The first-order valence-electron chi connectivity index (χ1n) is 4.39. The van der Waals surface area contributed by atoms with Gasteiger partial charge in [0.1, 0.15) is 0 Å². The van der Waals surface area contributed by atoms with Crippen LogP contribution in [-0.2, 0) is 9.53 Å². The summed E-state index contributed by atoms with van der Waals surface area (Å²) in [5.41, 5.74) is 0. The SMILES string of the molecule is C=CC(=O)OC(C)CCC(C)C. The predicted octanol–water partition coefficient (Wildman–Crippen LogP) is 2.54. The number of esters is 1. The van der Waals surface area contributed by atoms with Crippen LogP contribution in [0.15, 0.2) is 12.7 Å². The molecule has 0 radical (unpaired) electrons. The largest absolute Gasteiger partial charge is 0.460 e. The Morgan fingerprint density at radius 1 is 1.42 bits per heavy atom. The van der Waals surface area contributed by atoms with Gasteiger partial charge >= 0.3 is 5.97 Å². The van der Waals surface area contributed by atoms with Crippen molar-refractivity contribution in [2.24, 2.45) is 5.92 Å². The molecule has 1 atom stereocenters. The second-order valence-electron chi connectivity index (χ2n) is 3.42. The van der Waals surface area contributed by atoms with E-state index in [4.69, 9.17) is 4.74 Å². The second kappa shape index (κ2) is 5.81. The van der Waals surface area contributed by atoms with E-state index in [1.807, 2.05) is 6.92 Å². The lowest BCUT2D eigenvalue weighted by Crippen LogP contribution is -2.13. The minimum Gasteiger partial charge on any atom is -0.460 e. The van der Waals surface area contributed by atoms with Crippen LogP contribution in [0.5, 0.6) is 0 Å². The molecule has 2 heteroatoms. The molecule has 12 heavy (non-hydrogen) atoms. The average molecular weight is 170 g/mol. The van der Waals surface area contributed by atoms with Gasteiger partial charge in [0.15, 0.2) is 0 Å². The summed E-state index contributed by atoms with van der Waals surface area (Å²) in [6.07, 6.45) is 3.23. The van der Waals surface area contributed by atoms with Crippen LogP contribution in [0.25, 0.3) is 0 Å². The molecule has 0 saturated heterocycles. The third kappa shape index (κ3) is 5.96. The number of hydrogen-bond donors (Lipinski definition) is 0. The molecule has 0 aliphatic heterocycles. The molecule has 0 N–H and O–H groups in total. The third-order valence-electron chi connectivity index (χ3n) is 1.63. The Labute approximate surface area is 74.6 Å². The van der Waals surface area contributed by atoms with Crippen molar-refractivity contribution in [3.63, 3.8) is 0 Å². The molecule has 2 nitrogen and oxygen atoms in total. The zero-order valence-electron chi connectivity index (χ0n) is 8.17. The van der Waals surface area contributed by atoms with Crippen LogP contribution in [0.4, 0.5) is 0 Å². The highest BCUT2D eigenvalue weighted by molar-refractivity contribution is 5.81. The smallest absolute Gasteiger partial charge is 0.330 e. The first-order valence-corrected chi connectivity index (χ1v) is 4.39. The molecule has 0 rings (SSSR count). The number of rotatable bonds is 5. The van der Waals surface area contributed by atoms with Crippen LogP contribution in [0, 0.1) is 5.92 Å². The summed E-state index contributed by atoms with van der Waals surface area (Å²) in [7, 11) is 0. The lowest BCUT2D eigenvalue weighted by atomic mass is 10.1. The number of ether oxygens (including phenoxy) is 1. The maximum Gasteiger partial charge on any atom is 0.330 e. The van der Waals surface area contributed by atoms with E-state index in [0.717, 1.165) is 12.8 Å². The van der Waals surface area contributed by atoms with Gasteiger partial charge in [0.2, 0.25) is 0 Å². The van der Waals surface area contributed by atoms with Gasteiger partial charge in [-0.05, 0) is 25.7 Å². The molecule has 70 valence electrons. The molecule has 0 aromatic carbocycles. The molecule has 0 heterocycles. The van der Waals surface area contributed by atoms with Gasteiger partial charge in [0, 0.05) is 6.08 Å². The second-order valence-corrected chi connectivity index (χ2v) is 3.42. The van der Waals surface area contributed by atoms with Crippen molar-refractivity contribution in [1.29, 1.82) is 0 Å². The Kier molecular flexibility index (Phi) is 5.43. The highest BCUT2D eigenvalue weighted by atomic mass is 16.5. The fourth-order valence-corrected chi connectivity index (χ4v) is 0.873. The van der Waals surface area contributed by atoms with E-state index in [2.05, 4.69) is 20.4 Å². The third-order valence-corrected chi connectivity index (χ3v) is 1.63. The van der Waals surface area contributed by atoms with Crippen LogP contribution in [0.1, 0.15) is 33.6 Å². The Hall–Kier alpha value is -0.790. The lowest BCUT2D eigenvalue weighted by molar-refractivity contribution is -0.142. The van der Waals surface area contributed by atoms with Gasteiger partial charge in [-0.15, -0.1) is 0 Å². The molecule has 0 aromatic rings. The van der Waals surface area contributed by atoms with Crippen molar-refractivity contribution in [2.75, 3.05) is 0 Å². The Bertz CT molecular complexity index is 150. The van der Waals surface area contributed by atoms with E-state index < -0.39 is 0 Å². The van der Waals surface area contributed by atoms with E-state index in [1.54, 1.807) is 0 Å². The maximum absolute atomic E-state index is 10.7. The monoisotopic (exact) mass is 170 g/mol. The first kappa shape index (κ1) is 11.2. The molecule has 0 aliphatic carbocycles. The molecule has 0 spiro atoms. The van der Waals surface area contributed by atoms with E-state index in [-0.39, 0.29) is 12.1 Å². The Balaban J connectivity index is 3.52. The predicted molar refractivity (Wildman–Crippen MR) is 49.8 cm³/mol. The van der Waals surface area contributed by atoms with Crippen molar-refractivity contribution < 1.29 is 9.53 Å². The van der Waals surface area contributed by atoms with Crippen LogP contribution >= 0.6 is 0 Å². The molecule has 0 aliphatic rings. The minimum atomic E-state index is -0.328. The van der Waals surface area contributed by atoms with Crippen LogP contribution in [-0.4, -0.2) is 12.1 Å². The van der Waals surface area contributed by atoms with Crippen LogP contribution in [0.3, 0.4) is 0 Å². The van der Waals surface area contributed by atoms with Crippen molar-refractivity contribution in [2.45, 2.75) is 39.7 Å². The highest BCUT2D eigenvalue weighted by Crippen LogP contribution is 2.08.